The highest BCUT2D eigenvalue weighted by molar-refractivity contribution is 9.10. The number of aldehydes is 1. The Morgan fingerprint density at radius 3 is 2.62 bits per heavy atom. The van der Waals surface area contributed by atoms with Crippen molar-refractivity contribution in [3.05, 3.63) is 70.2 Å². The van der Waals surface area contributed by atoms with Gasteiger partial charge in [0.25, 0.3) is 0 Å². The van der Waals surface area contributed by atoms with Gasteiger partial charge in [0, 0.05) is 5.56 Å². The quantitative estimate of drug-likeness (QED) is 0.534. The second-order valence-corrected chi connectivity index (χ2v) is 6.16. The highest BCUT2D eigenvalue weighted by atomic mass is 79.9. The van der Waals surface area contributed by atoms with Crippen molar-refractivity contribution in [2.75, 3.05) is 6.61 Å². The molecule has 3 aromatic carbocycles. The Kier molecular flexibility index (Phi) is 5.16. The van der Waals surface area contributed by atoms with Crippen molar-refractivity contribution in [1.29, 1.82) is 0 Å². The van der Waals surface area contributed by atoms with Crippen LogP contribution < -0.4 is 9.47 Å². The fourth-order valence-corrected chi connectivity index (χ4v) is 3.20. The van der Waals surface area contributed by atoms with Crippen LogP contribution in [0.4, 0.5) is 0 Å². The summed E-state index contributed by atoms with van der Waals surface area (Å²) >= 11 is 3.47. The lowest BCUT2D eigenvalue weighted by molar-refractivity contribution is 0.112. The molecule has 0 amide bonds. The molecule has 0 radical (unpaired) electrons. The van der Waals surface area contributed by atoms with Crippen LogP contribution in [-0.2, 0) is 6.61 Å². The number of carbonyl (C=O) groups excluding carboxylic acids is 1. The van der Waals surface area contributed by atoms with Gasteiger partial charge in [-0.3, -0.25) is 4.79 Å². The average molecular weight is 385 g/mol. The van der Waals surface area contributed by atoms with E-state index < -0.39 is 0 Å². The Morgan fingerprint density at radius 1 is 1.04 bits per heavy atom. The fourth-order valence-electron chi connectivity index (χ4n) is 2.63. The van der Waals surface area contributed by atoms with Crippen LogP contribution in [0.1, 0.15) is 22.8 Å². The van der Waals surface area contributed by atoms with Crippen LogP contribution in [0.25, 0.3) is 10.8 Å². The van der Waals surface area contributed by atoms with Crippen molar-refractivity contribution in [3.63, 3.8) is 0 Å². The van der Waals surface area contributed by atoms with E-state index in [0.29, 0.717) is 34.7 Å². The molecular weight excluding hydrogens is 368 g/mol. The molecule has 4 heteroatoms. The number of hydrogen-bond donors (Lipinski definition) is 0. The third kappa shape index (κ3) is 3.44. The van der Waals surface area contributed by atoms with Crippen molar-refractivity contribution < 1.29 is 14.3 Å². The molecule has 0 unspecified atom stereocenters. The van der Waals surface area contributed by atoms with Crippen LogP contribution in [0.3, 0.4) is 0 Å². The largest absolute Gasteiger partial charge is 0.490 e. The first kappa shape index (κ1) is 16.5. The maximum atomic E-state index is 11.0. The molecule has 3 nitrogen and oxygen atoms in total. The minimum absolute atomic E-state index is 0.417. The Hall–Kier alpha value is -2.33. The van der Waals surface area contributed by atoms with Crippen LogP contribution in [-0.4, -0.2) is 12.9 Å². The van der Waals surface area contributed by atoms with Crippen LogP contribution in [0.5, 0.6) is 11.5 Å². The number of fused-ring (bicyclic) bond motifs is 1. The molecule has 122 valence electrons. The predicted molar refractivity (Wildman–Crippen MR) is 99.0 cm³/mol. The van der Waals surface area contributed by atoms with Crippen molar-refractivity contribution in [2.45, 2.75) is 13.5 Å². The van der Waals surface area contributed by atoms with Gasteiger partial charge < -0.3 is 9.47 Å². The van der Waals surface area contributed by atoms with Crippen LogP contribution in [0, 0.1) is 0 Å². The number of rotatable bonds is 6. The van der Waals surface area contributed by atoms with Gasteiger partial charge in [-0.1, -0.05) is 42.5 Å². The molecular formula is C20H17BrO3. The number of carbonyl (C=O) groups is 1. The smallest absolute Gasteiger partial charge is 0.175 e. The van der Waals surface area contributed by atoms with E-state index in [1.165, 1.54) is 10.8 Å². The lowest BCUT2D eigenvalue weighted by Crippen LogP contribution is -2.02. The van der Waals surface area contributed by atoms with Gasteiger partial charge in [0.1, 0.15) is 12.9 Å². The number of halogens is 1. The summed E-state index contributed by atoms with van der Waals surface area (Å²) < 4.78 is 12.4. The van der Waals surface area contributed by atoms with E-state index in [0.717, 1.165) is 11.8 Å². The summed E-state index contributed by atoms with van der Waals surface area (Å²) in [5, 5.41) is 2.34. The molecule has 3 aromatic rings. The maximum Gasteiger partial charge on any atom is 0.175 e. The summed E-state index contributed by atoms with van der Waals surface area (Å²) in [4.78, 5) is 11.0. The van der Waals surface area contributed by atoms with E-state index in [-0.39, 0.29) is 0 Å². The molecule has 0 aromatic heterocycles. The lowest BCUT2D eigenvalue weighted by Gasteiger charge is -2.15. The molecule has 0 aliphatic heterocycles. The van der Waals surface area contributed by atoms with E-state index in [9.17, 15) is 4.79 Å². The van der Waals surface area contributed by atoms with Crippen LogP contribution in [0.15, 0.2) is 59.1 Å². The second-order valence-electron chi connectivity index (χ2n) is 5.31. The van der Waals surface area contributed by atoms with Crippen molar-refractivity contribution >= 4 is 33.0 Å². The van der Waals surface area contributed by atoms with Gasteiger partial charge in [0.2, 0.25) is 0 Å². The molecule has 0 N–H and O–H groups in total. The first-order valence-electron chi connectivity index (χ1n) is 7.74. The zero-order valence-electron chi connectivity index (χ0n) is 13.3. The van der Waals surface area contributed by atoms with Crippen molar-refractivity contribution in [3.8, 4) is 11.5 Å². The van der Waals surface area contributed by atoms with Gasteiger partial charge in [0.05, 0.1) is 11.1 Å². The standard InChI is InChI=1S/C20H17BrO3/c1-2-23-19-11-14(12-22)10-18(21)20(19)24-13-16-8-5-7-15-6-3-4-9-17(15)16/h3-12H,2,13H2,1H3. The molecule has 0 spiro atoms. The highest BCUT2D eigenvalue weighted by Gasteiger charge is 2.13. The number of benzene rings is 3. The summed E-state index contributed by atoms with van der Waals surface area (Å²) in [5.74, 6) is 1.17. The normalized spacial score (nSPS) is 10.6. The topological polar surface area (TPSA) is 35.5 Å². The predicted octanol–water partition coefficient (Wildman–Crippen LogP) is 5.39. The van der Waals surface area contributed by atoms with Crippen LogP contribution in [0.2, 0.25) is 0 Å². The molecule has 3 rings (SSSR count). The van der Waals surface area contributed by atoms with Crippen LogP contribution >= 0.6 is 15.9 Å². The third-order valence-corrected chi connectivity index (χ3v) is 4.31. The van der Waals surface area contributed by atoms with E-state index in [2.05, 4.69) is 40.2 Å². The molecule has 0 heterocycles. The summed E-state index contributed by atoms with van der Waals surface area (Å²) in [5.41, 5.74) is 1.64. The summed E-state index contributed by atoms with van der Waals surface area (Å²) in [6, 6.07) is 17.8. The monoisotopic (exact) mass is 384 g/mol. The second kappa shape index (κ2) is 7.49. The first-order chi connectivity index (χ1) is 11.7. The van der Waals surface area contributed by atoms with Gasteiger partial charge in [-0.2, -0.15) is 0 Å². The molecule has 0 saturated heterocycles. The molecule has 0 aliphatic rings. The third-order valence-electron chi connectivity index (χ3n) is 3.72. The van der Waals surface area contributed by atoms with Crippen molar-refractivity contribution in [1.82, 2.24) is 0 Å². The Morgan fingerprint density at radius 2 is 1.83 bits per heavy atom. The maximum absolute atomic E-state index is 11.0. The SMILES string of the molecule is CCOc1cc(C=O)cc(Br)c1OCc1cccc2ccccc12. The van der Waals surface area contributed by atoms with E-state index >= 15 is 0 Å². The van der Waals surface area contributed by atoms with E-state index in [1.54, 1.807) is 12.1 Å². The van der Waals surface area contributed by atoms with Gasteiger partial charge in [-0.25, -0.2) is 0 Å². The first-order valence-corrected chi connectivity index (χ1v) is 8.53. The number of hydrogen-bond acceptors (Lipinski definition) is 3. The molecule has 0 bridgehead atoms. The van der Waals surface area contributed by atoms with Gasteiger partial charge in [-0.15, -0.1) is 0 Å². The summed E-state index contributed by atoms with van der Waals surface area (Å²) in [6.07, 6.45) is 0.793. The Labute approximate surface area is 149 Å². The Balaban J connectivity index is 1.92. The molecule has 0 saturated carbocycles. The molecule has 0 aliphatic carbocycles. The van der Waals surface area contributed by atoms with Gasteiger partial charge in [-0.05, 0) is 51.3 Å². The molecule has 0 fully saturated rings. The fraction of sp³-hybridized carbons (Fsp3) is 0.150. The van der Waals surface area contributed by atoms with Gasteiger partial charge in [0.15, 0.2) is 11.5 Å². The minimum Gasteiger partial charge on any atom is -0.490 e. The molecule has 24 heavy (non-hydrogen) atoms. The minimum atomic E-state index is 0.417. The average Bonchev–Trinajstić information content (AvgIpc) is 2.61. The number of ether oxygens (including phenoxy) is 2. The lowest BCUT2D eigenvalue weighted by atomic mass is 10.1. The zero-order chi connectivity index (χ0) is 16.9. The molecule has 0 atom stereocenters. The van der Waals surface area contributed by atoms with Gasteiger partial charge >= 0.3 is 0 Å². The van der Waals surface area contributed by atoms with E-state index in [1.807, 2.05) is 25.1 Å². The van der Waals surface area contributed by atoms with E-state index in [4.69, 9.17) is 9.47 Å². The summed E-state index contributed by atoms with van der Waals surface area (Å²) in [6.45, 7) is 2.82. The zero-order valence-corrected chi connectivity index (χ0v) is 14.9. The Bertz CT molecular complexity index is 869. The summed E-state index contributed by atoms with van der Waals surface area (Å²) in [7, 11) is 0. The van der Waals surface area contributed by atoms with Crippen molar-refractivity contribution in [2.24, 2.45) is 0 Å². The highest BCUT2D eigenvalue weighted by Crippen LogP contribution is 2.37.